The third kappa shape index (κ3) is 3.33. The molecule has 3 heterocycles. The molecule has 0 saturated carbocycles. The molecule has 1 saturated heterocycles. The van der Waals surface area contributed by atoms with Gasteiger partial charge in [-0.05, 0) is 37.0 Å². The number of phenols is 1. The Morgan fingerprint density at radius 3 is 2.67 bits per heavy atom. The molecule has 0 radical (unpaired) electrons. The van der Waals surface area contributed by atoms with E-state index in [1.54, 1.807) is 29.2 Å². The molecule has 142 valence electrons. The summed E-state index contributed by atoms with van der Waals surface area (Å²) in [5, 5.41) is 19.2. The number of aromatic hydroxyl groups is 1. The second-order valence-corrected chi connectivity index (χ2v) is 8.10. The van der Waals surface area contributed by atoms with Crippen LogP contribution in [0.25, 0.3) is 0 Å². The van der Waals surface area contributed by atoms with Gasteiger partial charge in [-0.25, -0.2) is 4.79 Å². The van der Waals surface area contributed by atoms with Gasteiger partial charge in [0.1, 0.15) is 16.2 Å². The molecule has 0 bridgehead atoms. The van der Waals surface area contributed by atoms with E-state index in [0.717, 1.165) is 16.9 Å². The number of piperidine rings is 1. The van der Waals surface area contributed by atoms with E-state index in [2.05, 4.69) is 0 Å². The lowest BCUT2D eigenvalue weighted by molar-refractivity contribution is -0.139. The number of thiophene rings is 1. The molecule has 0 unspecified atom stereocenters. The van der Waals surface area contributed by atoms with Gasteiger partial charge in [0.2, 0.25) is 5.91 Å². The van der Waals surface area contributed by atoms with Crippen LogP contribution >= 0.6 is 11.3 Å². The summed E-state index contributed by atoms with van der Waals surface area (Å²) in [7, 11) is 0. The van der Waals surface area contributed by atoms with Crippen molar-refractivity contribution in [2.75, 3.05) is 19.7 Å². The van der Waals surface area contributed by atoms with Crippen molar-refractivity contribution in [2.45, 2.75) is 31.3 Å². The Morgan fingerprint density at radius 1 is 1.22 bits per heavy atom. The molecule has 2 aliphatic heterocycles. The number of carbonyl (C=O) groups excluding carboxylic acids is 1. The first-order valence-corrected chi connectivity index (χ1v) is 9.85. The van der Waals surface area contributed by atoms with Crippen LogP contribution in [0, 0.1) is 0 Å². The zero-order valence-electron chi connectivity index (χ0n) is 14.8. The zero-order chi connectivity index (χ0) is 19.0. The van der Waals surface area contributed by atoms with E-state index in [1.165, 1.54) is 11.3 Å². The van der Waals surface area contributed by atoms with Crippen LogP contribution in [0.3, 0.4) is 0 Å². The molecule has 1 aromatic carbocycles. The molecule has 2 aliphatic rings. The van der Waals surface area contributed by atoms with E-state index in [9.17, 15) is 19.8 Å². The molecule has 6 nitrogen and oxygen atoms in total. The minimum absolute atomic E-state index is 0.0141. The predicted octanol–water partition coefficient (Wildman–Crippen LogP) is 2.79. The summed E-state index contributed by atoms with van der Waals surface area (Å²) in [6.45, 7) is 1.70. The van der Waals surface area contributed by atoms with E-state index in [-0.39, 0.29) is 18.1 Å². The standard InChI is InChI=1S/C20H21NO5S/c22-15-4-2-1-3-13(15)12-17(23)21-8-6-20(7-9-21)18-14(5-10-26-20)11-16(27-18)19(24)25/h1-4,11,22H,5-10,12H2,(H,24,25). The summed E-state index contributed by atoms with van der Waals surface area (Å²) in [4.78, 5) is 27.1. The normalized spacial score (nSPS) is 18.3. The smallest absolute Gasteiger partial charge is 0.345 e. The first-order chi connectivity index (χ1) is 13.0. The van der Waals surface area contributed by atoms with Gasteiger partial charge in [-0.2, -0.15) is 0 Å². The number of nitrogens with zero attached hydrogens (tertiary/aromatic N) is 1. The number of rotatable bonds is 3. The van der Waals surface area contributed by atoms with Crippen LogP contribution in [0.1, 0.15) is 38.5 Å². The molecule has 1 spiro atoms. The number of likely N-dealkylation sites (tertiary alicyclic amines) is 1. The average Bonchev–Trinajstić information content (AvgIpc) is 3.11. The third-order valence-corrected chi connectivity index (χ3v) is 6.79. The Hall–Kier alpha value is -2.38. The van der Waals surface area contributed by atoms with Gasteiger partial charge >= 0.3 is 5.97 Å². The quantitative estimate of drug-likeness (QED) is 0.846. The molecule has 4 rings (SSSR count). The Morgan fingerprint density at radius 2 is 1.96 bits per heavy atom. The summed E-state index contributed by atoms with van der Waals surface area (Å²) in [6, 6.07) is 8.65. The highest BCUT2D eigenvalue weighted by Gasteiger charge is 2.43. The Bertz CT molecular complexity index is 882. The number of ether oxygens (including phenoxy) is 1. The summed E-state index contributed by atoms with van der Waals surface area (Å²) >= 11 is 1.30. The second kappa shape index (κ2) is 6.98. The minimum Gasteiger partial charge on any atom is -0.508 e. The fraction of sp³-hybridized carbons (Fsp3) is 0.400. The molecule has 1 fully saturated rings. The van der Waals surface area contributed by atoms with Gasteiger partial charge in [-0.15, -0.1) is 11.3 Å². The number of amides is 1. The number of carbonyl (C=O) groups is 2. The van der Waals surface area contributed by atoms with Gasteiger partial charge in [0, 0.05) is 23.5 Å². The number of hydrogen-bond donors (Lipinski definition) is 2. The van der Waals surface area contributed by atoms with E-state index in [0.29, 0.717) is 43.0 Å². The fourth-order valence-electron chi connectivity index (χ4n) is 3.95. The van der Waals surface area contributed by atoms with Crippen molar-refractivity contribution < 1.29 is 24.5 Å². The van der Waals surface area contributed by atoms with Gasteiger partial charge in [0.05, 0.1) is 13.0 Å². The Balaban J connectivity index is 1.47. The van der Waals surface area contributed by atoms with Gasteiger partial charge in [0.15, 0.2) is 0 Å². The van der Waals surface area contributed by atoms with Crippen LogP contribution in [-0.4, -0.2) is 46.7 Å². The van der Waals surface area contributed by atoms with Crippen molar-refractivity contribution in [2.24, 2.45) is 0 Å². The number of carboxylic acid groups (broad SMARTS) is 1. The zero-order valence-corrected chi connectivity index (χ0v) is 15.6. The molecular weight excluding hydrogens is 366 g/mol. The number of hydrogen-bond acceptors (Lipinski definition) is 5. The molecule has 0 aliphatic carbocycles. The van der Waals surface area contributed by atoms with Crippen molar-refractivity contribution >= 4 is 23.2 Å². The molecule has 2 N–H and O–H groups in total. The minimum atomic E-state index is -0.903. The van der Waals surface area contributed by atoms with Crippen LogP contribution in [0.4, 0.5) is 0 Å². The van der Waals surface area contributed by atoms with Crippen molar-refractivity contribution in [3.63, 3.8) is 0 Å². The van der Waals surface area contributed by atoms with Gasteiger partial charge in [-0.1, -0.05) is 18.2 Å². The number of phenolic OH excluding ortho intramolecular Hbond substituents is 1. The molecular formula is C20H21NO5S. The van der Waals surface area contributed by atoms with Crippen molar-refractivity contribution in [3.8, 4) is 5.75 Å². The van der Waals surface area contributed by atoms with Crippen LogP contribution in [-0.2, 0) is 28.0 Å². The highest BCUT2D eigenvalue weighted by atomic mass is 32.1. The summed E-state index contributed by atoms with van der Waals surface area (Å²) in [5.41, 5.74) is 1.22. The maximum atomic E-state index is 12.6. The van der Waals surface area contributed by atoms with E-state index in [4.69, 9.17) is 4.74 Å². The highest BCUT2D eigenvalue weighted by molar-refractivity contribution is 7.14. The highest BCUT2D eigenvalue weighted by Crippen LogP contribution is 2.45. The Labute approximate surface area is 161 Å². The summed E-state index contributed by atoms with van der Waals surface area (Å²) < 4.78 is 6.13. The van der Waals surface area contributed by atoms with E-state index < -0.39 is 11.6 Å². The number of benzene rings is 1. The molecule has 2 aromatic rings. The number of para-hydroxylation sites is 1. The van der Waals surface area contributed by atoms with Gasteiger partial charge < -0.3 is 19.8 Å². The Kier molecular flexibility index (Phi) is 4.65. The van der Waals surface area contributed by atoms with Gasteiger partial charge in [-0.3, -0.25) is 4.79 Å². The summed E-state index contributed by atoms with van der Waals surface area (Å²) in [5.74, 6) is -0.779. The van der Waals surface area contributed by atoms with Gasteiger partial charge in [0.25, 0.3) is 0 Å². The maximum absolute atomic E-state index is 12.6. The first kappa shape index (κ1) is 18.0. The lowest BCUT2D eigenvalue weighted by atomic mass is 9.85. The predicted molar refractivity (Wildman–Crippen MR) is 100 cm³/mol. The monoisotopic (exact) mass is 387 g/mol. The van der Waals surface area contributed by atoms with E-state index >= 15 is 0 Å². The lowest BCUT2D eigenvalue weighted by Gasteiger charge is -2.43. The molecule has 1 aromatic heterocycles. The first-order valence-electron chi connectivity index (χ1n) is 9.04. The van der Waals surface area contributed by atoms with Crippen molar-refractivity contribution in [1.82, 2.24) is 4.90 Å². The number of fused-ring (bicyclic) bond motifs is 2. The molecule has 27 heavy (non-hydrogen) atoms. The summed E-state index contributed by atoms with van der Waals surface area (Å²) in [6.07, 6.45) is 2.23. The fourth-order valence-corrected chi connectivity index (χ4v) is 5.20. The van der Waals surface area contributed by atoms with Crippen LogP contribution in [0.5, 0.6) is 5.75 Å². The van der Waals surface area contributed by atoms with Crippen molar-refractivity contribution in [3.05, 3.63) is 51.2 Å². The number of aromatic carboxylic acids is 1. The van der Waals surface area contributed by atoms with E-state index in [1.807, 2.05) is 6.07 Å². The second-order valence-electron chi connectivity index (χ2n) is 7.05. The topological polar surface area (TPSA) is 87.1 Å². The molecule has 1 amide bonds. The average molecular weight is 387 g/mol. The largest absolute Gasteiger partial charge is 0.508 e. The lowest BCUT2D eigenvalue weighted by Crippen LogP contribution is -2.48. The molecule has 0 atom stereocenters. The van der Waals surface area contributed by atoms with Crippen LogP contribution in [0.2, 0.25) is 0 Å². The van der Waals surface area contributed by atoms with Crippen LogP contribution in [0.15, 0.2) is 30.3 Å². The van der Waals surface area contributed by atoms with Crippen molar-refractivity contribution in [1.29, 1.82) is 0 Å². The molecule has 7 heteroatoms. The third-order valence-electron chi connectivity index (χ3n) is 5.44. The maximum Gasteiger partial charge on any atom is 0.345 e. The van der Waals surface area contributed by atoms with Crippen LogP contribution < -0.4 is 0 Å². The number of carboxylic acids is 1. The SMILES string of the molecule is O=C(O)c1cc2c(s1)C1(CCN(C(=O)Cc3ccccc3O)CC1)OCC2.